The monoisotopic (exact) mass is 325 g/mol. The molecule has 0 aliphatic heterocycles. The zero-order valence-corrected chi connectivity index (χ0v) is 13.6. The van der Waals surface area contributed by atoms with Crippen LogP contribution in [0, 0.1) is 6.92 Å². The number of benzene rings is 2. The number of hydrazone groups is 1. The van der Waals surface area contributed by atoms with Gasteiger partial charge in [-0.25, -0.2) is 5.43 Å². The molecule has 2 aromatic carbocycles. The van der Waals surface area contributed by atoms with Crippen LogP contribution in [0.5, 0.6) is 5.75 Å². The minimum Gasteiger partial charge on any atom is -0.497 e. The van der Waals surface area contributed by atoms with Gasteiger partial charge in [0.05, 0.1) is 19.9 Å². The summed E-state index contributed by atoms with van der Waals surface area (Å²) < 4.78 is 5.05. The van der Waals surface area contributed by atoms with Gasteiger partial charge in [-0.2, -0.15) is 5.10 Å². The Balaban J connectivity index is 1.77. The van der Waals surface area contributed by atoms with Gasteiger partial charge in [0, 0.05) is 5.56 Å². The number of rotatable bonds is 6. The first-order valence-corrected chi connectivity index (χ1v) is 7.39. The summed E-state index contributed by atoms with van der Waals surface area (Å²) in [5.41, 5.74) is 4.76. The second kappa shape index (κ2) is 8.47. The van der Waals surface area contributed by atoms with Crippen molar-refractivity contribution in [2.24, 2.45) is 5.10 Å². The van der Waals surface area contributed by atoms with Crippen molar-refractivity contribution < 1.29 is 14.3 Å². The van der Waals surface area contributed by atoms with Crippen LogP contribution in [0.3, 0.4) is 0 Å². The van der Waals surface area contributed by atoms with Gasteiger partial charge in [-0.1, -0.05) is 17.7 Å². The van der Waals surface area contributed by atoms with Crippen molar-refractivity contribution in [2.45, 2.75) is 6.92 Å². The van der Waals surface area contributed by atoms with E-state index in [4.69, 9.17) is 4.74 Å². The van der Waals surface area contributed by atoms with Gasteiger partial charge in [-0.05, 0) is 48.9 Å². The first kappa shape index (κ1) is 17.2. The highest BCUT2D eigenvalue weighted by atomic mass is 16.5. The molecule has 2 amide bonds. The third-order valence-corrected chi connectivity index (χ3v) is 3.24. The first-order chi connectivity index (χ1) is 11.6. The molecule has 0 bridgehead atoms. The maximum absolute atomic E-state index is 11.9. The summed E-state index contributed by atoms with van der Waals surface area (Å²) in [5, 5.41) is 6.38. The molecule has 0 atom stereocenters. The zero-order valence-electron chi connectivity index (χ0n) is 13.6. The summed E-state index contributed by atoms with van der Waals surface area (Å²) in [5.74, 6) is 0.0412. The third kappa shape index (κ3) is 5.24. The van der Waals surface area contributed by atoms with E-state index < -0.39 is 5.91 Å². The van der Waals surface area contributed by atoms with Gasteiger partial charge < -0.3 is 10.1 Å². The molecule has 2 N–H and O–H groups in total. The molecule has 0 heterocycles. The lowest BCUT2D eigenvalue weighted by molar-refractivity contribution is -0.120. The van der Waals surface area contributed by atoms with Gasteiger partial charge in [-0.15, -0.1) is 0 Å². The van der Waals surface area contributed by atoms with Crippen LogP contribution in [-0.4, -0.2) is 31.7 Å². The van der Waals surface area contributed by atoms with E-state index in [0.717, 1.165) is 16.9 Å². The average molecular weight is 325 g/mol. The highest BCUT2D eigenvalue weighted by Crippen LogP contribution is 2.09. The Bertz CT molecular complexity index is 722. The number of nitrogens with one attached hydrogen (secondary N) is 2. The molecule has 0 fully saturated rings. The normalized spacial score (nSPS) is 10.4. The van der Waals surface area contributed by atoms with Gasteiger partial charge >= 0.3 is 0 Å². The molecular formula is C18H19N3O3. The van der Waals surface area contributed by atoms with E-state index in [-0.39, 0.29) is 12.5 Å². The lowest BCUT2D eigenvalue weighted by Gasteiger charge is -2.04. The number of carbonyl (C=O) groups excluding carboxylic acids is 2. The Morgan fingerprint density at radius 1 is 1.08 bits per heavy atom. The van der Waals surface area contributed by atoms with E-state index in [9.17, 15) is 9.59 Å². The molecule has 0 unspecified atom stereocenters. The van der Waals surface area contributed by atoms with Crippen molar-refractivity contribution >= 4 is 18.0 Å². The Labute approximate surface area is 140 Å². The number of methoxy groups -OCH3 is 1. The lowest BCUT2D eigenvalue weighted by Crippen LogP contribution is -2.34. The van der Waals surface area contributed by atoms with E-state index in [2.05, 4.69) is 15.8 Å². The number of nitrogens with zero attached hydrogens (tertiary/aromatic N) is 1. The SMILES string of the molecule is COc1ccc(/C=N\NC(=O)CNC(=O)c2ccc(C)cc2)cc1. The Hall–Kier alpha value is -3.15. The van der Waals surface area contributed by atoms with E-state index in [1.165, 1.54) is 6.21 Å². The fourth-order valence-electron chi connectivity index (χ4n) is 1.88. The highest BCUT2D eigenvalue weighted by Gasteiger charge is 2.06. The van der Waals surface area contributed by atoms with Crippen molar-refractivity contribution in [3.63, 3.8) is 0 Å². The summed E-state index contributed by atoms with van der Waals surface area (Å²) in [4.78, 5) is 23.5. The van der Waals surface area contributed by atoms with Gasteiger partial charge in [0.25, 0.3) is 11.8 Å². The number of ether oxygens (including phenoxy) is 1. The average Bonchev–Trinajstić information content (AvgIpc) is 2.61. The van der Waals surface area contributed by atoms with Crippen molar-refractivity contribution in [2.75, 3.05) is 13.7 Å². The standard InChI is InChI=1S/C18H19N3O3/c1-13-3-7-15(8-4-13)18(23)19-12-17(22)21-20-11-14-5-9-16(24-2)10-6-14/h3-11H,12H2,1-2H3,(H,19,23)(H,21,22)/b20-11-. The minimum atomic E-state index is -0.403. The maximum atomic E-state index is 11.9. The van der Waals surface area contributed by atoms with Gasteiger partial charge in [0.1, 0.15) is 5.75 Å². The smallest absolute Gasteiger partial charge is 0.259 e. The van der Waals surface area contributed by atoms with Crippen LogP contribution in [0.2, 0.25) is 0 Å². The first-order valence-electron chi connectivity index (χ1n) is 7.39. The number of amides is 2. The molecule has 2 rings (SSSR count). The molecule has 0 aliphatic rings. The molecule has 0 aromatic heterocycles. The van der Waals surface area contributed by atoms with Gasteiger partial charge in [0.2, 0.25) is 0 Å². The van der Waals surface area contributed by atoms with Crippen molar-refractivity contribution in [1.29, 1.82) is 0 Å². The topological polar surface area (TPSA) is 79.8 Å². The molecule has 124 valence electrons. The fraction of sp³-hybridized carbons (Fsp3) is 0.167. The van der Waals surface area contributed by atoms with Crippen LogP contribution in [0.15, 0.2) is 53.6 Å². The summed E-state index contributed by atoms with van der Waals surface area (Å²) in [6.07, 6.45) is 1.51. The highest BCUT2D eigenvalue weighted by molar-refractivity contribution is 5.96. The molecule has 0 radical (unpaired) electrons. The second-order valence-electron chi connectivity index (χ2n) is 5.12. The van der Waals surface area contributed by atoms with Crippen LogP contribution in [0.25, 0.3) is 0 Å². The second-order valence-corrected chi connectivity index (χ2v) is 5.12. The molecule has 0 saturated heterocycles. The van der Waals surface area contributed by atoms with Gasteiger partial charge in [0.15, 0.2) is 0 Å². The predicted octanol–water partition coefficient (Wildman–Crippen LogP) is 1.88. The number of hydrogen-bond acceptors (Lipinski definition) is 4. The Morgan fingerprint density at radius 3 is 2.38 bits per heavy atom. The number of hydrogen-bond donors (Lipinski definition) is 2. The number of carbonyl (C=O) groups is 2. The maximum Gasteiger partial charge on any atom is 0.259 e. The molecule has 6 nitrogen and oxygen atoms in total. The molecule has 0 saturated carbocycles. The van der Waals surface area contributed by atoms with Gasteiger partial charge in [-0.3, -0.25) is 9.59 Å². The van der Waals surface area contributed by atoms with E-state index in [1.807, 2.05) is 31.2 Å². The molecule has 2 aromatic rings. The summed E-state index contributed by atoms with van der Waals surface area (Å²) in [6.45, 7) is 1.79. The fourth-order valence-corrected chi connectivity index (χ4v) is 1.88. The summed E-state index contributed by atoms with van der Waals surface area (Å²) >= 11 is 0. The molecule has 0 spiro atoms. The minimum absolute atomic E-state index is 0.146. The van der Waals surface area contributed by atoms with Crippen molar-refractivity contribution in [1.82, 2.24) is 10.7 Å². The van der Waals surface area contributed by atoms with Crippen LogP contribution >= 0.6 is 0 Å². The Morgan fingerprint density at radius 2 is 1.75 bits per heavy atom. The number of aryl methyl sites for hydroxylation is 1. The quantitative estimate of drug-likeness (QED) is 0.629. The van der Waals surface area contributed by atoms with E-state index in [0.29, 0.717) is 5.56 Å². The van der Waals surface area contributed by atoms with Crippen molar-refractivity contribution in [3.05, 3.63) is 65.2 Å². The summed E-state index contributed by atoms with van der Waals surface area (Å²) in [6, 6.07) is 14.3. The zero-order chi connectivity index (χ0) is 17.4. The Kier molecular flexibility index (Phi) is 6.08. The summed E-state index contributed by atoms with van der Waals surface area (Å²) in [7, 11) is 1.59. The van der Waals surface area contributed by atoms with E-state index in [1.54, 1.807) is 31.4 Å². The molecular weight excluding hydrogens is 306 g/mol. The molecule has 6 heteroatoms. The molecule has 0 aliphatic carbocycles. The third-order valence-electron chi connectivity index (χ3n) is 3.24. The van der Waals surface area contributed by atoms with E-state index >= 15 is 0 Å². The van der Waals surface area contributed by atoms with Crippen LogP contribution in [0.1, 0.15) is 21.5 Å². The van der Waals surface area contributed by atoms with Crippen molar-refractivity contribution in [3.8, 4) is 5.75 Å². The predicted molar refractivity (Wildman–Crippen MR) is 92.2 cm³/mol. The van der Waals surface area contributed by atoms with Crippen LogP contribution < -0.4 is 15.5 Å². The largest absolute Gasteiger partial charge is 0.497 e. The van der Waals surface area contributed by atoms with Crippen LogP contribution in [0.4, 0.5) is 0 Å². The molecule has 24 heavy (non-hydrogen) atoms. The van der Waals surface area contributed by atoms with Crippen LogP contribution in [-0.2, 0) is 4.79 Å². The lowest BCUT2D eigenvalue weighted by atomic mass is 10.1.